The number of hydrogen-bond donors (Lipinski definition) is 0. The highest BCUT2D eigenvalue weighted by Crippen LogP contribution is 2.22. The van der Waals surface area contributed by atoms with Gasteiger partial charge in [0.25, 0.3) is 0 Å². The molecule has 0 saturated heterocycles. The zero-order valence-corrected chi connectivity index (χ0v) is 10.2. The van der Waals surface area contributed by atoms with E-state index in [0.717, 1.165) is 4.47 Å². The van der Waals surface area contributed by atoms with Crippen LogP contribution in [0.1, 0.15) is 0 Å². The first-order chi connectivity index (χ1) is 8.24. The van der Waals surface area contributed by atoms with Crippen LogP contribution in [-0.4, -0.2) is 14.4 Å². The third-order valence-corrected chi connectivity index (χ3v) is 2.84. The average molecular weight is 292 g/mol. The van der Waals surface area contributed by atoms with Crippen LogP contribution in [0.2, 0.25) is 0 Å². The molecule has 1 aromatic carbocycles. The quantitative estimate of drug-likeness (QED) is 0.689. The Balaban J connectivity index is 2.22. The summed E-state index contributed by atoms with van der Waals surface area (Å²) in [5.41, 5.74) is 1.06. The number of rotatable bonds is 1. The van der Waals surface area contributed by atoms with Crippen LogP contribution in [0.4, 0.5) is 4.39 Å². The second-order valence-electron chi connectivity index (χ2n) is 3.59. The smallest absolute Gasteiger partial charge is 0.234 e. The Kier molecular flexibility index (Phi) is 2.40. The van der Waals surface area contributed by atoms with E-state index < -0.39 is 0 Å². The molecule has 0 atom stereocenters. The fourth-order valence-electron chi connectivity index (χ4n) is 1.66. The lowest BCUT2D eigenvalue weighted by Crippen LogP contribution is -1.85. The fraction of sp³-hybridized carbons (Fsp3) is 0. The summed E-state index contributed by atoms with van der Waals surface area (Å²) in [6, 6.07) is 6.56. The molecule has 0 N–H and O–H groups in total. The van der Waals surface area contributed by atoms with E-state index in [1.54, 1.807) is 35.0 Å². The number of aromatic nitrogens is 3. The van der Waals surface area contributed by atoms with Crippen molar-refractivity contribution in [2.75, 3.05) is 0 Å². The minimum absolute atomic E-state index is 0.282. The molecule has 0 fully saturated rings. The highest BCUT2D eigenvalue weighted by atomic mass is 79.9. The number of benzene rings is 1. The normalized spacial score (nSPS) is 10.9. The van der Waals surface area contributed by atoms with Gasteiger partial charge in [0.2, 0.25) is 5.78 Å². The number of nitrogens with zero attached hydrogens (tertiary/aromatic N) is 3. The molecule has 2 heterocycles. The molecule has 17 heavy (non-hydrogen) atoms. The van der Waals surface area contributed by atoms with Crippen molar-refractivity contribution in [3.8, 4) is 11.3 Å². The van der Waals surface area contributed by atoms with Gasteiger partial charge in [0.1, 0.15) is 5.82 Å². The molecule has 0 aliphatic heterocycles. The number of imidazole rings is 1. The summed E-state index contributed by atoms with van der Waals surface area (Å²) in [6.45, 7) is 0. The van der Waals surface area contributed by atoms with E-state index in [1.807, 2.05) is 6.20 Å². The molecule has 5 heteroatoms. The molecule has 2 aromatic heterocycles. The molecule has 3 nitrogen and oxygen atoms in total. The van der Waals surface area contributed by atoms with Crippen molar-refractivity contribution < 1.29 is 4.39 Å². The van der Waals surface area contributed by atoms with Crippen LogP contribution in [0.3, 0.4) is 0 Å². The van der Waals surface area contributed by atoms with Crippen LogP contribution in [-0.2, 0) is 0 Å². The Morgan fingerprint density at radius 2 is 2.00 bits per heavy atom. The van der Waals surface area contributed by atoms with Crippen LogP contribution in [0.25, 0.3) is 17.0 Å². The van der Waals surface area contributed by atoms with Crippen molar-refractivity contribution in [1.82, 2.24) is 14.4 Å². The van der Waals surface area contributed by atoms with Crippen LogP contribution in [0, 0.1) is 5.82 Å². The van der Waals surface area contributed by atoms with E-state index in [4.69, 9.17) is 0 Å². The van der Waals surface area contributed by atoms with E-state index in [-0.39, 0.29) is 5.82 Å². The lowest BCUT2D eigenvalue weighted by atomic mass is 10.1. The predicted molar refractivity (Wildman–Crippen MR) is 66.1 cm³/mol. The molecule has 0 bridgehead atoms. The van der Waals surface area contributed by atoms with E-state index in [2.05, 4.69) is 25.9 Å². The second kappa shape index (κ2) is 3.92. The van der Waals surface area contributed by atoms with Crippen molar-refractivity contribution in [2.45, 2.75) is 0 Å². The Morgan fingerprint density at radius 1 is 1.18 bits per heavy atom. The van der Waals surface area contributed by atoms with Gasteiger partial charge in [-0.25, -0.2) is 14.4 Å². The van der Waals surface area contributed by atoms with Gasteiger partial charge in [0.15, 0.2) is 0 Å². The lowest BCUT2D eigenvalue weighted by molar-refractivity contribution is 0.631. The van der Waals surface area contributed by atoms with Crippen LogP contribution >= 0.6 is 15.9 Å². The summed E-state index contributed by atoms with van der Waals surface area (Å²) in [5.74, 6) is 0.265. The average Bonchev–Trinajstić information content (AvgIpc) is 2.72. The van der Waals surface area contributed by atoms with Gasteiger partial charge in [-0.15, -0.1) is 0 Å². The largest absolute Gasteiger partial charge is 0.289 e. The molecule has 0 radical (unpaired) electrons. The van der Waals surface area contributed by atoms with Gasteiger partial charge in [-0.2, -0.15) is 0 Å². The Morgan fingerprint density at radius 3 is 2.82 bits per heavy atom. The standard InChI is InChI=1S/C12H7BrFN3/c13-8-5-15-12-16-11(7-17(12)6-8)9-3-1-2-4-10(9)14/h1-7H. The van der Waals surface area contributed by atoms with Crippen molar-refractivity contribution >= 4 is 21.7 Å². The summed E-state index contributed by atoms with van der Waals surface area (Å²) in [7, 11) is 0. The Labute approximate surface area is 105 Å². The van der Waals surface area contributed by atoms with Crippen molar-refractivity contribution in [1.29, 1.82) is 0 Å². The molecule has 3 aromatic rings. The summed E-state index contributed by atoms with van der Waals surface area (Å²) in [5, 5.41) is 0. The van der Waals surface area contributed by atoms with Gasteiger partial charge in [-0.05, 0) is 28.1 Å². The van der Waals surface area contributed by atoms with Crippen molar-refractivity contribution in [2.24, 2.45) is 0 Å². The van der Waals surface area contributed by atoms with E-state index in [1.165, 1.54) is 6.07 Å². The topological polar surface area (TPSA) is 30.2 Å². The maximum absolute atomic E-state index is 13.6. The first kappa shape index (κ1) is 10.4. The Bertz CT molecular complexity index is 693. The summed E-state index contributed by atoms with van der Waals surface area (Å²) >= 11 is 3.33. The maximum atomic E-state index is 13.6. The minimum Gasteiger partial charge on any atom is -0.289 e. The summed E-state index contributed by atoms with van der Waals surface area (Å²) in [4.78, 5) is 8.42. The number of hydrogen-bond acceptors (Lipinski definition) is 2. The molecular weight excluding hydrogens is 285 g/mol. The highest BCUT2D eigenvalue weighted by molar-refractivity contribution is 9.10. The molecule has 84 valence electrons. The maximum Gasteiger partial charge on any atom is 0.234 e. The molecule has 3 rings (SSSR count). The van der Waals surface area contributed by atoms with E-state index in [0.29, 0.717) is 17.0 Å². The monoisotopic (exact) mass is 291 g/mol. The molecule has 0 aliphatic rings. The summed E-state index contributed by atoms with van der Waals surface area (Å²) in [6.07, 6.45) is 5.25. The fourth-order valence-corrected chi connectivity index (χ4v) is 1.98. The van der Waals surface area contributed by atoms with Crippen molar-refractivity contribution in [3.05, 3.63) is 53.1 Å². The van der Waals surface area contributed by atoms with Gasteiger partial charge in [-0.3, -0.25) is 4.40 Å². The predicted octanol–water partition coefficient (Wildman–Crippen LogP) is 3.30. The van der Waals surface area contributed by atoms with Crippen LogP contribution in [0.15, 0.2) is 47.3 Å². The van der Waals surface area contributed by atoms with Gasteiger partial charge in [0.05, 0.1) is 10.2 Å². The van der Waals surface area contributed by atoms with E-state index >= 15 is 0 Å². The lowest BCUT2D eigenvalue weighted by Gasteiger charge is -1.96. The molecule has 0 aliphatic carbocycles. The van der Waals surface area contributed by atoms with Gasteiger partial charge in [-0.1, -0.05) is 12.1 Å². The van der Waals surface area contributed by atoms with Gasteiger partial charge < -0.3 is 0 Å². The van der Waals surface area contributed by atoms with Crippen molar-refractivity contribution in [3.63, 3.8) is 0 Å². The van der Waals surface area contributed by atoms with Gasteiger partial charge in [0, 0.05) is 24.2 Å². The molecule has 0 unspecified atom stereocenters. The molecule has 0 spiro atoms. The zero-order chi connectivity index (χ0) is 11.8. The summed E-state index contributed by atoms with van der Waals surface area (Å²) < 4.78 is 16.2. The zero-order valence-electron chi connectivity index (χ0n) is 8.64. The highest BCUT2D eigenvalue weighted by Gasteiger charge is 2.09. The molecule has 0 amide bonds. The first-order valence-electron chi connectivity index (χ1n) is 4.99. The Hall–Kier alpha value is -1.75. The molecule has 0 saturated carbocycles. The third-order valence-electron chi connectivity index (χ3n) is 2.43. The van der Waals surface area contributed by atoms with Crippen LogP contribution < -0.4 is 0 Å². The SMILES string of the molecule is Fc1ccccc1-c1cn2cc(Br)cnc2n1. The third kappa shape index (κ3) is 1.82. The minimum atomic E-state index is -0.282. The molecular formula is C12H7BrFN3. The van der Waals surface area contributed by atoms with E-state index in [9.17, 15) is 4.39 Å². The first-order valence-corrected chi connectivity index (χ1v) is 5.78. The number of fused-ring (bicyclic) bond motifs is 1. The number of halogens is 2. The second-order valence-corrected chi connectivity index (χ2v) is 4.50. The van der Waals surface area contributed by atoms with Gasteiger partial charge >= 0.3 is 0 Å². The van der Waals surface area contributed by atoms with Crippen LogP contribution in [0.5, 0.6) is 0 Å².